The molecule has 1 aromatic carbocycles. The fourth-order valence-electron chi connectivity index (χ4n) is 0.727. The zero-order chi connectivity index (χ0) is 8.43. The van der Waals surface area contributed by atoms with Gasteiger partial charge < -0.3 is 10.8 Å². The maximum Gasteiger partial charge on any atom is 0.134 e. The van der Waals surface area contributed by atoms with E-state index >= 15 is 0 Å². The molecule has 4 N–H and O–H groups in total. The fourth-order valence-corrected chi connectivity index (χ4v) is 0.907. The fraction of sp³-hybridized carbons (Fsp3) is 0. The highest BCUT2D eigenvalue weighted by Gasteiger charge is 2.01. The highest BCUT2D eigenvalue weighted by Crippen LogP contribution is 2.24. The van der Waals surface area contributed by atoms with Crippen LogP contribution in [0.2, 0.25) is 5.02 Å². The molecule has 0 aromatic heterocycles. The van der Waals surface area contributed by atoms with Crippen molar-refractivity contribution in [1.29, 1.82) is 0 Å². The lowest BCUT2D eigenvalue weighted by Crippen LogP contribution is -2.45. The van der Waals surface area contributed by atoms with E-state index in [9.17, 15) is 0 Å². The lowest BCUT2D eigenvalue weighted by atomic mass is 10.2. The average Bonchev–Trinajstić information content (AvgIpc) is 1.94. The number of aromatic hydroxyl groups is 1. The normalized spacial score (nSPS) is 9.64. The minimum absolute atomic E-state index is 0.0802. The van der Waals surface area contributed by atoms with Crippen LogP contribution in [0.1, 0.15) is 5.56 Å². The van der Waals surface area contributed by atoms with Gasteiger partial charge >= 0.3 is 0 Å². The summed E-state index contributed by atoms with van der Waals surface area (Å²) in [6.45, 7) is 3.64. The van der Waals surface area contributed by atoms with Gasteiger partial charge in [-0.2, -0.15) is 0 Å². The van der Waals surface area contributed by atoms with Crippen LogP contribution in [0.15, 0.2) is 24.8 Å². The van der Waals surface area contributed by atoms with Gasteiger partial charge in [-0.1, -0.05) is 11.6 Å². The summed E-state index contributed by atoms with van der Waals surface area (Å²) in [7, 11) is 0. The van der Waals surface area contributed by atoms with Gasteiger partial charge in [0, 0.05) is 5.56 Å². The summed E-state index contributed by atoms with van der Waals surface area (Å²) in [6.07, 6.45) is 0. The van der Waals surface area contributed by atoms with Crippen LogP contribution in [-0.4, -0.2) is 5.11 Å². The second kappa shape index (κ2) is 2.95. The molecule has 0 radical (unpaired) electrons. The average molecular weight is 171 g/mol. The first-order valence-electron chi connectivity index (χ1n) is 3.11. The first-order chi connectivity index (χ1) is 5.11. The molecule has 1 aromatic rings. The van der Waals surface area contributed by atoms with E-state index in [4.69, 9.17) is 16.7 Å². The molecule has 0 bridgehead atoms. The van der Waals surface area contributed by atoms with Crippen LogP contribution in [-0.2, 0) is 0 Å². The summed E-state index contributed by atoms with van der Waals surface area (Å²) >= 11 is 5.64. The number of hydrogen-bond donors (Lipinski definition) is 2. The predicted octanol–water partition coefficient (Wildman–Crippen LogP) is 1.26. The van der Waals surface area contributed by atoms with E-state index in [2.05, 4.69) is 12.3 Å². The monoisotopic (exact) mass is 170 g/mol. The maximum absolute atomic E-state index is 9.04. The highest BCUT2D eigenvalue weighted by atomic mass is 35.5. The third-order valence-corrected chi connectivity index (χ3v) is 1.66. The molecule has 0 aliphatic carbocycles. The van der Waals surface area contributed by atoms with E-state index in [1.807, 2.05) is 0 Å². The molecule has 0 atom stereocenters. The van der Waals surface area contributed by atoms with Gasteiger partial charge in [-0.3, -0.25) is 0 Å². The quantitative estimate of drug-likeness (QED) is 0.655. The predicted molar refractivity (Wildman–Crippen MR) is 45.0 cm³/mol. The molecule has 0 fully saturated rings. The van der Waals surface area contributed by atoms with Crippen molar-refractivity contribution in [3.63, 3.8) is 0 Å². The summed E-state index contributed by atoms with van der Waals surface area (Å²) in [5.41, 5.74) is 5.17. The van der Waals surface area contributed by atoms with Crippen molar-refractivity contribution in [1.82, 2.24) is 0 Å². The summed E-state index contributed by atoms with van der Waals surface area (Å²) in [5.74, 6) is 0.0802. The van der Waals surface area contributed by atoms with Gasteiger partial charge in [0.05, 0.1) is 5.02 Å². The zero-order valence-corrected chi connectivity index (χ0v) is 6.73. The lowest BCUT2D eigenvalue weighted by molar-refractivity contribution is -0.243. The smallest absolute Gasteiger partial charge is 0.134 e. The Hall–Kier alpha value is -0.990. The Labute approximate surface area is 69.9 Å². The van der Waals surface area contributed by atoms with E-state index < -0.39 is 0 Å². The molecule has 0 amide bonds. The minimum Gasteiger partial charge on any atom is -0.506 e. The number of halogens is 1. The van der Waals surface area contributed by atoms with Gasteiger partial charge in [0.15, 0.2) is 0 Å². The molecule has 58 valence electrons. The summed E-state index contributed by atoms with van der Waals surface area (Å²) in [6, 6.07) is 4.87. The third-order valence-electron chi connectivity index (χ3n) is 1.36. The topological polar surface area (TPSA) is 47.9 Å². The standard InChI is InChI=1S/C8H8ClNO/c1-5(10)6-2-3-8(11)7(9)4-6/h2-4,11H,1,10H2/p+1. The molecular formula is C8H9ClNO+. The Balaban J connectivity index is 3.15. The number of phenolic OH excluding ortho intramolecular Hbond substituents is 1. The van der Waals surface area contributed by atoms with Crippen molar-refractivity contribution in [3.05, 3.63) is 35.4 Å². The lowest BCUT2D eigenvalue weighted by Gasteiger charge is -1.98. The summed E-state index contributed by atoms with van der Waals surface area (Å²) in [4.78, 5) is 0. The molecule has 0 aliphatic rings. The van der Waals surface area contributed by atoms with Crippen molar-refractivity contribution in [2.75, 3.05) is 0 Å². The van der Waals surface area contributed by atoms with Gasteiger partial charge in [0.25, 0.3) is 0 Å². The number of phenols is 1. The zero-order valence-electron chi connectivity index (χ0n) is 5.97. The molecule has 0 saturated heterocycles. The first kappa shape index (κ1) is 8.11. The first-order valence-corrected chi connectivity index (χ1v) is 3.49. The van der Waals surface area contributed by atoms with Crippen LogP contribution in [0.5, 0.6) is 5.75 Å². The maximum atomic E-state index is 9.04. The second-order valence-corrected chi connectivity index (χ2v) is 2.68. The van der Waals surface area contributed by atoms with Crippen molar-refractivity contribution < 1.29 is 10.8 Å². The van der Waals surface area contributed by atoms with Gasteiger partial charge in [0.2, 0.25) is 0 Å². The number of quaternary nitrogens is 1. The molecule has 1 rings (SSSR count). The van der Waals surface area contributed by atoms with Gasteiger partial charge in [0.1, 0.15) is 11.4 Å². The SMILES string of the molecule is C=C([NH3+])c1ccc(O)c(Cl)c1. The van der Waals surface area contributed by atoms with Gasteiger partial charge in [-0.15, -0.1) is 0 Å². The van der Waals surface area contributed by atoms with Crippen molar-refractivity contribution >= 4 is 17.3 Å². The molecule has 0 unspecified atom stereocenters. The Bertz CT molecular complexity index is 296. The van der Waals surface area contributed by atoms with Crippen LogP contribution >= 0.6 is 11.6 Å². The van der Waals surface area contributed by atoms with Crippen LogP contribution in [0, 0.1) is 0 Å². The molecule has 0 saturated carbocycles. The largest absolute Gasteiger partial charge is 0.506 e. The Morgan fingerprint density at radius 3 is 2.64 bits per heavy atom. The number of rotatable bonds is 1. The Kier molecular flexibility index (Phi) is 2.17. The summed E-state index contributed by atoms with van der Waals surface area (Å²) < 4.78 is 0. The van der Waals surface area contributed by atoms with Crippen LogP contribution in [0.4, 0.5) is 0 Å². The third kappa shape index (κ3) is 1.73. The Morgan fingerprint density at radius 1 is 1.55 bits per heavy atom. The Morgan fingerprint density at radius 2 is 2.18 bits per heavy atom. The van der Waals surface area contributed by atoms with Crippen molar-refractivity contribution in [3.8, 4) is 5.75 Å². The van der Waals surface area contributed by atoms with Crippen LogP contribution in [0.3, 0.4) is 0 Å². The van der Waals surface area contributed by atoms with E-state index in [0.29, 0.717) is 10.7 Å². The van der Waals surface area contributed by atoms with Crippen molar-refractivity contribution in [2.24, 2.45) is 0 Å². The minimum atomic E-state index is 0.0802. The van der Waals surface area contributed by atoms with Crippen LogP contribution in [0.25, 0.3) is 5.70 Å². The number of hydrogen-bond acceptors (Lipinski definition) is 1. The van der Waals surface area contributed by atoms with Gasteiger partial charge in [-0.25, -0.2) is 0 Å². The molecule has 3 heteroatoms. The van der Waals surface area contributed by atoms with Crippen LogP contribution < -0.4 is 5.73 Å². The van der Waals surface area contributed by atoms with E-state index in [0.717, 1.165) is 5.56 Å². The summed E-state index contributed by atoms with van der Waals surface area (Å²) in [5, 5.41) is 9.37. The van der Waals surface area contributed by atoms with Gasteiger partial charge in [-0.05, 0) is 24.8 Å². The van der Waals surface area contributed by atoms with E-state index in [1.54, 1.807) is 12.1 Å². The molecule has 0 heterocycles. The van der Waals surface area contributed by atoms with E-state index in [1.165, 1.54) is 6.07 Å². The highest BCUT2D eigenvalue weighted by molar-refractivity contribution is 6.32. The molecule has 2 nitrogen and oxygen atoms in total. The molecule has 0 aliphatic heterocycles. The molecular weight excluding hydrogens is 162 g/mol. The molecule has 11 heavy (non-hydrogen) atoms. The molecule has 0 spiro atoms. The second-order valence-electron chi connectivity index (χ2n) is 2.27. The van der Waals surface area contributed by atoms with E-state index in [-0.39, 0.29) is 5.75 Å². The van der Waals surface area contributed by atoms with Crippen molar-refractivity contribution in [2.45, 2.75) is 0 Å². The number of benzene rings is 1.